The molecule has 9 heteroatoms. The molecule has 2 fully saturated rings. The van der Waals surface area contributed by atoms with Crippen molar-refractivity contribution in [3.8, 4) is 23.0 Å². The van der Waals surface area contributed by atoms with E-state index in [4.69, 9.17) is 13.9 Å². The van der Waals surface area contributed by atoms with Gasteiger partial charge in [0.25, 0.3) is 0 Å². The zero-order valence-electron chi connectivity index (χ0n) is 20.2. The van der Waals surface area contributed by atoms with Crippen LogP contribution in [-0.4, -0.2) is 76.0 Å². The van der Waals surface area contributed by atoms with Crippen molar-refractivity contribution in [2.45, 2.75) is 38.5 Å². The van der Waals surface area contributed by atoms with Gasteiger partial charge in [-0.2, -0.15) is 0 Å². The molecule has 0 spiro atoms. The molecule has 35 heavy (non-hydrogen) atoms. The van der Waals surface area contributed by atoms with E-state index in [9.17, 15) is 9.90 Å². The summed E-state index contributed by atoms with van der Waals surface area (Å²) in [4.78, 5) is 16.6. The first-order valence-electron chi connectivity index (χ1n) is 11.8. The number of methoxy groups -OCH3 is 1. The maximum Gasteiger partial charge on any atom is 0.311 e. The van der Waals surface area contributed by atoms with Crippen LogP contribution in [0.5, 0.6) is 11.5 Å². The SMILES string of the molecule is CCC1(O)CN(Cc2ccc(OC3CN(C(=O)c4nnc(-c5ccc(OC)cc5)o4)C3)cc2C)C1. The summed E-state index contributed by atoms with van der Waals surface area (Å²) in [5.74, 6) is 1.47. The molecule has 3 heterocycles. The molecule has 3 aromatic rings. The predicted octanol–water partition coefficient (Wildman–Crippen LogP) is 2.91. The second kappa shape index (κ2) is 9.31. The molecule has 1 aromatic heterocycles. The lowest BCUT2D eigenvalue weighted by Crippen LogP contribution is -2.60. The molecule has 0 atom stereocenters. The highest BCUT2D eigenvalue weighted by atomic mass is 16.5. The highest BCUT2D eigenvalue weighted by Crippen LogP contribution is 2.28. The summed E-state index contributed by atoms with van der Waals surface area (Å²) < 4.78 is 16.8. The third-order valence-corrected chi connectivity index (χ3v) is 6.78. The summed E-state index contributed by atoms with van der Waals surface area (Å²) in [5.41, 5.74) is 2.57. The lowest BCUT2D eigenvalue weighted by molar-refractivity contribution is -0.103. The molecule has 9 nitrogen and oxygen atoms in total. The minimum Gasteiger partial charge on any atom is -0.497 e. The quantitative estimate of drug-likeness (QED) is 0.528. The van der Waals surface area contributed by atoms with Gasteiger partial charge in [-0.25, -0.2) is 0 Å². The molecular weight excluding hydrogens is 448 g/mol. The first-order valence-corrected chi connectivity index (χ1v) is 11.8. The smallest absolute Gasteiger partial charge is 0.311 e. The second-order valence-electron chi connectivity index (χ2n) is 9.40. The number of hydrogen-bond donors (Lipinski definition) is 1. The number of carbonyl (C=O) groups is 1. The van der Waals surface area contributed by atoms with Crippen molar-refractivity contribution in [3.05, 3.63) is 59.5 Å². The van der Waals surface area contributed by atoms with Gasteiger partial charge >= 0.3 is 11.8 Å². The van der Waals surface area contributed by atoms with Gasteiger partial charge in [-0.3, -0.25) is 9.69 Å². The van der Waals surface area contributed by atoms with E-state index in [-0.39, 0.29) is 23.8 Å². The third-order valence-electron chi connectivity index (χ3n) is 6.78. The Morgan fingerprint density at radius 3 is 2.51 bits per heavy atom. The Balaban J connectivity index is 1.12. The van der Waals surface area contributed by atoms with Crippen LogP contribution in [0.3, 0.4) is 0 Å². The molecular formula is C26H30N4O5. The number of carbonyl (C=O) groups excluding carboxylic acids is 1. The fraction of sp³-hybridized carbons (Fsp3) is 0.423. The summed E-state index contributed by atoms with van der Waals surface area (Å²) in [7, 11) is 1.60. The monoisotopic (exact) mass is 478 g/mol. The van der Waals surface area contributed by atoms with Crippen LogP contribution < -0.4 is 9.47 Å². The molecule has 2 aromatic carbocycles. The fourth-order valence-electron chi connectivity index (χ4n) is 4.45. The number of benzene rings is 2. The normalized spacial score (nSPS) is 17.5. The molecule has 1 amide bonds. The molecule has 2 aliphatic rings. The Labute approximate surface area is 204 Å². The van der Waals surface area contributed by atoms with Crippen molar-refractivity contribution in [1.29, 1.82) is 0 Å². The van der Waals surface area contributed by atoms with E-state index in [2.05, 4.69) is 28.1 Å². The van der Waals surface area contributed by atoms with Crippen molar-refractivity contribution in [2.75, 3.05) is 33.3 Å². The number of aliphatic hydroxyl groups is 1. The third kappa shape index (κ3) is 4.87. The molecule has 184 valence electrons. The van der Waals surface area contributed by atoms with E-state index in [1.165, 1.54) is 5.56 Å². The number of β-amino-alcohol motifs (C(OH)–C–C–N with tert-alkyl or cyclic N) is 1. The topological polar surface area (TPSA) is 101 Å². The number of rotatable bonds is 8. The predicted molar refractivity (Wildman–Crippen MR) is 128 cm³/mol. The van der Waals surface area contributed by atoms with Crippen LogP contribution in [0.15, 0.2) is 46.9 Å². The number of aromatic nitrogens is 2. The molecule has 2 aliphatic heterocycles. The van der Waals surface area contributed by atoms with Gasteiger partial charge in [-0.05, 0) is 60.9 Å². The Bertz CT molecular complexity index is 1200. The minimum atomic E-state index is -0.525. The van der Waals surface area contributed by atoms with E-state index in [0.717, 1.165) is 48.7 Å². The highest BCUT2D eigenvalue weighted by Gasteiger charge is 2.39. The van der Waals surface area contributed by atoms with Gasteiger partial charge in [0.15, 0.2) is 0 Å². The molecule has 2 saturated heterocycles. The summed E-state index contributed by atoms with van der Waals surface area (Å²) in [6.45, 7) is 7.27. The van der Waals surface area contributed by atoms with Gasteiger partial charge in [0.05, 0.1) is 25.8 Å². The van der Waals surface area contributed by atoms with Crippen LogP contribution in [0.2, 0.25) is 0 Å². The van der Waals surface area contributed by atoms with Crippen LogP contribution in [-0.2, 0) is 6.54 Å². The van der Waals surface area contributed by atoms with Crippen molar-refractivity contribution in [2.24, 2.45) is 0 Å². The fourth-order valence-corrected chi connectivity index (χ4v) is 4.45. The number of nitrogens with zero attached hydrogens (tertiary/aromatic N) is 4. The van der Waals surface area contributed by atoms with Crippen molar-refractivity contribution in [1.82, 2.24) is 20.0 Å². The lowest BCUT2D eigenvalue weighted by Gasteiger charge is -2.46. The highest BCUT2D eigenvalue weighted by molar-refractivity contribution is 5.90. The van der Waals surface area contributed by atoms with Crippen molar-refractivity contribution >= 4 is 5.91 Å². The molecule has 0 unspecified atom stereocenters. The maximum absolute atomic E-state index is 12.7. The van der Waals surface area contributed by atoms with Crippen LogP contribution in [0.25, 0.3) is 11.5 Å². The van der Waals surface area contributed by atoms with Crippen LogP contribution in [0, 0.1) is 6.92 Å². The Morgan fingerprint density at radius 2 is 1.86 bits per heavy atom. The van der Waals surface area contributed by atoms with Gasteiger partial charge in [-0.1, -0.05) is 13.0 Å². The van der Waals surface area contributed by atoms with Crippen LogP contribution in [0.4, 0.5) is 0 Å². The van der Waals surface area contributed by atoms with Crippen molar-refractivity contribution in [3.63, 3.8) is 0 Å². The van der Waals surface area contributed by atoms with E-state index in [1.807, 2.05) is 19.1 Å². The number of hydrogen-bond acceptors (Lipinski definition) is 8. The molecule has 1 N–H and O–H groups in total. The van der Waals surface area contributed by atoms with Gasteiger partial charge in [0.2, 0.25) is 5.89 Å². The summed E-state index contributed by atoms with van der Waals surface area (Å²) in [6.07, 6.45) is 0.704. The first-order chi connectivity index (χ1) is 16.9. The van der Waals surface area contributed by atoms with Gasteiger partial charge < -0.3 is 23.9 Å². The molecule has 0 aliphatic carbocycles. The molecule has 5 rings (SSSR count). The van der Waals surface area contributed by atoms with Gasteiger partial charge in [-0.15, -0.1) is 10.2 Å². The molecule has 0 saturated carbocycles. The van der Waals surface area contributed by atoms with E-state index < -0.39 is 5.60 Å². The zero-order chi connectivity index (χ0) is 24.6. The number of likely N-dealkylation sites (tertiary alicyclic amines) is 2. The average molecular weight is 479 g/mol. The lowest BCUT2D eigenvalue weighted by atomic mass is 9.90. The Hall–Kier alpha value is -3.43. The van der Waals surface area contributed by atoms with Crippen LogP contribution in [0.1, 0.15) is 35.2 Å². The average Bonchev–Trinajstić information content (AvgIpc) is 3.31. The standard InChI is InChI=1S/C26H30N4O5/c1-4-26(32)15-29(16-26)12-19-7-10-21(11-17(19)2)34-22-13-30(14-22)25(31)24-28-27-23(35-24)18-5-8-20(33-3)9-6-18/h5-11,22,32H,4,12-16H2,1-3H3. The summed E-state index contributed by atoms with van der Waals surface area (Å²) in [6, 6.07) is 13.3. The summed E-state index contributed by atoms with van der Waals surface area (Å²) >= 11 is 0. The molecule has 0 radical (unpaired) electrons. The maximum atomic E-state index is 12.7. The first kappa shape index (κ1) is 23.3. The zero-order valence-corrected chi connectivity index (χ0v) is 20.2. The Kier molecular flexibility index (Phi) is 6.21. The van der Waals surface area contributed by atoms with E-state index >= 15 is 0 Å². The Morgan fingerprint density at radius 1 is 1.14 bits per heavy atom. The van der Waals surface area contributed by atoms with E-state index in [1.54, 1.807) is 36.3 Å². The second-order valence-corrected chi connectivity index (χ2v) is 9.40. The minimum absolute atomic E-state index is 0.0320. The molecule has 0 bridgehead atoms. The van der Waals surface area contributed by atoms with Gasteiger partial charge in [0, 0.05) is 25.2 Å². The number of aryl methyl sites for hydroxylation is 1. The van der Waals surface area contributed by atoms with Crippen LogP contribution >= 0.6 is 0 Å². The number of amides is 1. The number of ether oxygens (including phenoxy) is 2. The van der Waals surface area contributed by atoms with Gasteiger partial charge in [0.1, 0.15) is 17.6 Å². The summed E-state index contributed by atoms with van der Waals surface area (Å²) in [5, 5.41) is 18.1. The van der Waals surface area contributed by atoms with Crippen molar-refractivity contribution < 1.29 is 23.8 Å². The largest absolute Gasteiger partial charge is 0.497 e. The van der Waals surface area contributed by atoms with E-state index in [0.29, 0.717) is 13.1 Å².